The van der Waals surface area contributed by atoms with Crippen molar-refractivity contribution in [3.05, 3.63) is 65.5 Å². The number of aromatic nitrogens is 3. The Hall–Kier alpha value is -3.46. The van der Waals surface area contributed by atoms with Crippen LogP contribution in [0.5, 0.6) is 5.75 Å². The van der Waals surface area contributed by atoms with Gasteiger partial charge in [0.1, 0.15) is 11.6 Å². The van der Waals surface area contributed by atoms with Crippen LogP contribution in [0.3, 0.4) is 0 Å². The second kappa shape index (κ2) is 9.13. The van der Waals surface area contributed by atoms with Crippen LogP contribution in [0, 0.1) is 5.82 Å². The number of hydrogen-bond donors (Lipinski definition) is 0. The summed E-state index contributed by atoms with van der Waals surface area (Å²) in [5.41, 5.74) is 2.31. The third-order valence-electron chi connectivity index (χ3n) is 4.51. The topological polar surface area (TPSA) is 78.6 Å². The third-order valence-corrected chi connectivity index (χ3v) is 5.44. The minimum Gasteiger partial charge on any atom is -0.497 e. The van der Waals surface area contributed by atoms with E-state index in [0.717, 1.165) is 11.3 Å². The largest absolute Gasteiger partial charge is 0.497 e. The molecule has 0 atom stereocenters. The molecule has 4 rings (SSSR count). The van der Waals surface area contributed by atoms with E-state index in [0.29, 0.717) is 33.6 Å². The van der Waals surface area contributed by atoms with E-state index in [1.54, 1.807) is 36.9 Å². The first-order valence-electron chi connectivity index (χ1n) is 9.54. The number of carbonyl (C=O) groups is 1. The highest BCUT2D eigenvalue weighted by Gasteiger charge is 2.25. The van der Waals surface area contributed by atoms with Crippen LogP contribution in [-0.4, -0.2) is 46.0 Å². The molecule has 2 aromatic carbocycles. The Morgan fingerprint density at radius 2 is 1.90 bits per heavy atom. The lowest BCUT2D eigenvalue weighted by Crippen LogP contribution is -2.21. The van der Waals surface area contributed by atoms with Crippen molar-refractivity contribution in [2.75, 3.05) is 19.5 Å². The van der Waals surface area contributed by atoms with Crippen LogP contribution in [0.15, 0.2) is 64.4 Å². The van der Waals surface area contributed by atoms with E-state index in [1.807, 2.05) is 24.3 Å². The smallest absolute Gasteiger partial charge is 0.340 e. The van der Waals surface area contributed by atoms with E-state index in [4.69, 9.17) is 9.47 Å². The van der Waals surface area contributed by atoms with Crippen molar-refractivity contribution in [2.24, 2.45) is 5.10 Å². The van der Waals surface area contributed by atoms with Gasteiger partial charge in [-0.15, -0.1) is 10.2 Å². The number of benzene rings is 2. The Labute approximate surface area is 182 Å². The van der Waals surface area contributed by atoms with Crippen molar-refractivity contribution < 1.29 is 18.7 Å². The first-order chi connectivity index (χ1) is 15.1. The molecule has 3 aromatic rings. The van der Waals surface area contributed by atoms with Gasteiger partial charge < -0.3 is 9.47 Å². The lowest BCUT2D eigenvalue weighted by molar-refractivity contribution is -0.137. The van der Waals surface area contributed by atoms with Crippen molar-refractivity contribution >= 4 is 29.5 Å². The Balaban J connectivity index is 1.75. The summed E-state index contributed by atoms with van der Waals surface area (Å²) in [7, 11) is 1.60. The number of fused-ring (bicyclic) bond motifs is 1. The van der Waals surface area contributed by atoms with E-state index < -0.39 is 5.97 Å². The maximum Gasteiger partial charge on any atom is 0.340 e. The van der Waals surface area contributed by atoms with E-state index in [2.05, 4.69) is 15.3 Å². The molecule has 1 aromatic heterocycles. The predicted molar refractivity (Wildman–Crippen MR) is 117 cm³/mol. The molecular weight excluding hydrogens is 419 g/mol. The monoisotopic (exact) mass is 438 g/mol. The fourth-order valence-corrected chi connectivity index (χ4v) is 3.80. The highest BCUT2D eigenvalue weighted by Crippen LogP contribution is 2.30. The quantitative estimate of drug-likeness (QED) is 0.427. The number of nitrogens with zero attached hydrogens (tertiary/aromatic N) is 4. The number of methoxy groups -OCH3 is 1. The number of ether oxygens (including phenoxy) is 2. The molecule has 31 heavy (non-hydrogen) atoms. The predicted octanol–water partition coefficient (Wildman–Crippen LogP) is 4.05. The second-order valence-corrected chi connectivity index (χ2v) is 7.45. The van der Waals surface area contributed by atoms with Crippen molar-refractivity contribution in [3.63, 3.8) is 0 Å². The fourth-order valence-electron chi connectivity index (χ4n) is 2.97. The van der Waals surface area contributed by atoms with Gasteiger partial charge in [-0.3, -0.25) is 0 Å². The zero-order chi connectivity index (χ0) is 21.8. The molecule has 1 aliphatic heterocycles. The Morgan fingerprint density at radius 1 is 1.16 bits per heavy atom. The molecule has 0 aliphatic carbocycles. The molecule has 0 amide bonds. The number of carbonyl (C=O) groups excluding carboxylic acids is 1. The molecule has 2 heterocycles. The van der Waals surface area contributed by atoms with Crippen molar-refractivity contribution in [1.29, 1.82) is 0 Å². The van der Waals surface area contributed by atoms with Crippen LogP contribution in [0.1, 0.15) is 12.5 Å². The molecule has 0 radical (unpaired) electrons. The number of hydrogen-bond acceptors (Lipinski definition) is 7. The maximum atomic E-state index is 13.3. The molecule has 0 N–H and O–H groups in total. The summed E-state index contributed by atoms with van der Waals surface area (Å²) < 4.78 is 25.3. The minimum absolute atomic E-state index is 0.231. The van der Waals surface area contributed by atoms with E-state index >= 15 is 0 Å². The van der Waals surface area contributed by atoms with Gasteiger partial charge in [-0.1, -0.05) is 23.9 Å². The van der Waals surface area contributed by atoms with Crippen LogP contribution in [0.4, 0.5) is 4.39 Å². The standard InChI is InChI=1S/C22H19FN4O3S/c1-3-30-21(28)18(12-14-4-8-16(23)9-5-14)19-13-31-22-25-24-20(27(22)26-19)15-6-10-17(29-2)11-7-15/h4-12H,3,13H2,1-2H3/b18-12-. The zero-order valence-electron chi connectivity index (χ0n) is 16.9. The molecular formula is C22H19FN4O3S. The van der Waals surface area contributed by atoms with E-state index in [9.17, 15) is 9.18 Å². The highest BCUT2D eigenvalue weighted by atomic mass is 32.2. The average molecular weight is 438 g/mol. The lowest BCUT2D eigenvalue weighted by atomic mass is 10.1. The summed E-state index contributed by atoms with van der Waals surface area (Å²) in [6, 6.07) is 13.3. The summed E-state index contributed by atoms with van der Waals surface area (Å²) in [5, 5.41) is 13.7. The molecule has 158 valence electrons. The SMILES string of the molecule is CCOC(=O)/C(=C\c1ccc(F)cc1)C1=Nn2c(nnc2-c2ccc(OC)cc2)SC1. The number of thioether (sulfide) groups is 1. The van der Waals surface area contributed by atoms with Crippen molar-refractivity contribution in [3.8, 4) is 17.1 Å². The molecule has 7 nitrogen and oxygen atoms in total. The summed E-state index contributed by atoms with van der Waals surface area (Å²) in [4.78, 5) is 12.7. The van der Waals surface area contributed by atoms with Gasteiger partial charge >= 0.3 is 5.97 Å². The van der Waals surface area contributed by atoms with Gasteiger partial charge in [0.15, 0.2) is 5.82 Å². The van der Waals surface area contributed by atoms with Crippen LogP contribution in [0.2, 0.25) is 0 Å². The maximum absolute atomic E-state index is 13.3. The van der Waals surface area contributed by atoms with Crippen LogP contribution in [0.25, 0.3) is 17.5 Å². The first kappa shape index (κ1) is 20.8. The van der Waals surface area contributed by atoms with E-state index in [-0.39, 0.29) is 12.4 Å². The molecule has 0 saturated carbocycles. The number of halogens is 1. The number of esters is 1. The second-order valence-electron chi connectivity index (χ2n) is 6.51. The van der Waals surface area contributed by atoms with Crippen LogP contribution >= 0.6 is 11.8 Å². The summed E-state index contributed by atoms with van der Waals surface area (Å²) >= 11 is 1.42. The Bertz CT molecular complexity index is 1150. The lowest BCUT2D eigenvalue weighted by Gasteiger charge is -2.16. The molecule has 0 saturated heterocycles. The van der Waals surface area contributed by atoms with Gasteiger partial charge in [0.2, 0.25) is 5.16 Å². The fraction of sp³-hybridized carbons (Fsp3) is 0.182. The molecule has 1 aliphatic rings. The normalized spacial score (nSPS) is 13.4. The van der Waals surface area contributed by atoms with Gasteiger partial charge in [0, 0.05) is 11.3 Å². The molecule has 0 spiro atoms. The summed E-state index contributed by atoms with van der Waals surface area (Å²) in [6.07, 6.45) is 1.65. The summed E-state index contributed by atoms with van der Waals surface area (Å²) in [6.45, 7) is 1.97. The van der Waals surface area contributed by atoms with Crippen molar-refractivity contribution in [2.45, 2.75) is 12.1 Å². The highest BCUT2D eigenvalue weighted by molar-refractivity contribution is 7.99. The average Bonchev–Trinajstić information content (AvgIpc) is 3.22. The van der Waals surface area contributed by atoms with Gasteiger partial charge in [0.25, 0.3) is 0 Å². The summed E-state index contributed by atoms with van der Waals surface area (Å²) in [5.74, 6) is 0.860. The third kappa shape index (κ3) is 4.51. The Kier molecular flexibility index (Phi) is 6.13. The zero-order valence-corrected chi connectivity index (χ0v) is 17.7. The van der Waals surface area contributed by atoms with Gasteiger partial charge in [0.05, 0.1) is 25.0 Å². The van der Waals surface area contributed by atoms with Crippen LogP contribution < -0.4 is 4.74 Å². The molecule has 0 fully saturated rings. The van der Waals surface area contributed by atoms with Crippen molar-refractivity contribution in [1.82, 2.24) is 14.9 Å². The van der Waals surface area contributed by atoms with Gasteiger partial charge in [-0.25, -0.2) is 9.18 Å². The minimum atomic E-state index is -0.492. The van der Waals surface area contributed by atoms with E-state index in [1.165, 1.54) is 23.9 Å². The van der Waals surface area contributed by atoms with Gasteiger partial charge in [-0.05, 0) is 55.0 Å². The first-order valence-corrected chi connectivity index (χ1v) is 10.5. The molecule has 0 bridgehead atoms. The van der Waals surface area contributed by atoms with Crippen LogP contribution in [-0.2, 0) is 9.53 Å². The molecule has 9 heteroatoms. The van der Waals surface area contributed by atoms with Gasteiger partial charge in [-0.2, -0.15) is 9.78 Å². The number of rotatable bonds is 6. The Morgan fingerprint density at radius 3 is 2.58 bits per heavy atom. The molecule has 0 unspecified atom stereocenters.